The van der Waals surface area contributed by atoms with Gasteiger partial charge in [-0.05, 0) is 18.9 Å². The highest BCUT2D eigenvalue weighted by atomic mass is 15.3. The van der Waals surface area contributed by atoms with E-state index < -0.39 is 0 Å². The van der Waals surface area contributed by atoms with Crippen LogP contribution in [0.3, 0.4) is 0 Å². The molecular weight excluding hydrogens is 200 g/mol. The maximum Gasteiger partial charge on any atom is 0.225 e. The van der Waals surface area contributed by atoms with Gasteiger partial charge < -0.3 is 10.2 Å². The molecule has 4 nitrogen and oxygen atoms in total. The Kier molecular flexibility index (Phi) is 3.72. The van der Waals surface area contributed by atoms with Gasteiger partial charge in [0, 0.05) is 37.6 Å². The quantitative estimate of drug-likeness (QED) is 0.837. The van der Waals surface area contributed by atoms with E-state index in [2.05, 4.69) is 34.0 Å². The van der Waals surface area contributed by atoms with Crippen LogP contribution in [0.2, 0.25) is 0 Å². The van der Waals surface area contributed by atoms with Crippen molar-refractivity contribution in [2.45, 2.75) is 38.8 Å². The SMILES string of the molecule is CCC1CN(c2ncccn2)C(CC)CN1. The number of hydrogen-bond donors (Lipinski definition) is 1. The molecule has 0 spiro atoms. The molecule has 0 bridgehead atoms. The van der Waals surface area contributed by atoms with Crippen LogP contribution in [0.25, 0.3) is 0 Å². The van der Waals surface area contributed by atoms with Crippen molar-refractivity contribution < 1.29 is 0 Å². The van der Waals surface area contributed by atoms with Crippen LogP contribution in [0.1, 0.15) is 26.7 Å². The fourth-order valence-electron chi connectivity index (χ4n) is 2.19. The summed E-state index contributed by atoms with van der Waals surface area (Å²) in [4.78, 5) is 11.1. The van der Waals surface area contributed by atoms with Crippen molar-refractivity contribution in [3.63, 3.8) is 0 Å². The molecule has 2 heterocycles. The standard InChI is InChI=1S/C12H20N4/c1-3-10-9-16(11(4-2)8-15-10)12-13-6-5-7-14-12/h5-7,10-11,15H,3-4,8-9H2,1-2H3. The molecule has 1 fully saturated rings. The van der Waals surface area contributed by atoms with E-state index in [1.807, 2.05) is 18.5 Å². The number of piperazine rings is 1. The zero-order valence-corrected chi connectivity index (χ0v) is 10.1. The number of nitrogens with one attached hydrogen (secondary N) is 1. The molecule has 16 heavy (non-hydrogen) atoms. The second kappa shape index (κ2) is 5.25. The molecule has 4 heteroatoms. The molecule has 1 saturated heterocycles. The van der Waals surface area contributed by atoms with Gasteiger partial charge in [-0.1, -0.05) is 13.8 Å². The first-order valence-corrected chi connectivity index (χ1v) is 6.12. The molecule has 2 atom stereocenters. The Bertz CT molecular complexity index is 314. The molecule has 0 radical (unpaired) electrons. The van der Waals surface area contributed by atoms with Crippen molar-refractivity contribution >= 4 is 5.95 Å². The van der Waals surface area contributed by atoms with Crippen LogP contribution in [-0.4, -0.2) is 35.1 Å². The maximum atomic E-state index is 4.36. The third kappa shape index (κ3) is 2.32. The van der Waals surface area contributed by atoms with Gasteiger partial charge >= 0.3 is 0 Å². The molecule has 0 aromatic carbocycles. The van der Waals surface area contributed by atoms with Crippen molar-refractivity contribution in [1.82, 2.24) is 15.3 Å². The smallest absolute Gasteiger partial charge is 0.225 e. The van der Waals surface area contributed by atoms with Crippen LogP contribution in [0.4, 0.5) is 5.95 Å². The average Bonchev–Trinajstić information content (AvgIpc) is 2.39. The number of nitrogens with zero attached hydrogens (tertiary/aromatic N) is 3. The Balaban J connectivity index is 2.15. The summed E-state index contributed by atoms with van der Waals surface area (Å²) in [5.74, 6) is 0.870. The first-order valence-electron chi connectivity index (χ1n) is 6.12. The van der Waals surface area contributed by atoms with E-state index in [1.54, 1.807) is 0 Å². The van der Waals surface area contributed by atoms with Crippen LogP contribution in [0.15, 0.2) is 18.5 Å². The van der Waals surface area contributed by atoms with Gasteiger partial charge in [-0.15, -0.1) is 0 Å². The fraction of sp³-hybridized carbons (Fsp3) is 0.667. The third-order valence-corrected chi connectivity index (χ3v) is 3.27. The Morgan fingerprint density at radius 2 is 2.06 bits per heavy atom. The number of aromatic nitrogens is 2. The molecule has 1 aromatic rings. The summed E-state index contributed by atoms with van der Waals surface area (Å²) in [7, 11) is 0. The van der Waals surface area contributed by atoms with Crippen LogP contribution in [0, 0.1) is 0 Å². The first-order chi connectivity index (χ1) is 7.85. The minimum Gasteiger partial charge on any atom is -0.335 e. The molecule has 2 rings (SSSR count). The first kappa shape index (κ1) is 11.3. The predicted molar refractivity (Wildman–Crippen MR) is 65.5 cm³/mol. The van der Waals surface area contributed by atoms with Crippen LogP contribution < -0.4 is 10.2 Å². The van der Waals surface area contributed by atoms with Crippen molar-refractivity contribution in [3.05, 3.63) is 18.5 Å². The molecule has 1 aliphatic rings. The van der Waals surface area contributed by atoms with E-state index in [1.165, 1.54) is 0 Å². The highest BCUT2D eigenvalue weighted by Gasteiger charge is 2.27. The van der Waals surface area contributed by atoms with Crippen LogP contribution in [-0.2, 0) is 0 Å². The van der Waals surface area contributed by atoms with Gasteiger partial charge in [0.1, 0.15) is 0 Å². The third-order valence-electron chi connectivity index (χ3n) is 3.27. The van der Waals surface area contributed by atoms with Gasteiger partial charge in [-0.3, -0.25) is 0 Å². The molecule has 1 aliphatic heterocycles. The number of anilines is 1. The summed E-state index contributed by atoms with van der Waals surface area (Å²) in [6.07, 6.45) is 5.91. The van der Waals surface area contributed by atoms with Crippen LogP contribution in [0.5, 0.6) is 0 Å². The van der Waals surface area contributed by atoms with E-state index in [-0.39, 0.29) is 0 Å². The lowest BCUT2D eigenvalue weighted by molar-refractivity contribution is 0.374. The Morgan fingerprint density at radius 3 is 2.69 bits per heavy atom. The summed E-state index contributed by atoms with van der Waals surface area (Å²) in [6, 6.07) is 2.95. The van der Waals surface area contributed by atoms with Crippen molar-refractivity contribution in [3.8, 4) is 0 Å². The second-order valence-corrected chi connectivity index (χ2v) is 4.28. The van der Waals surface area contributed by atoms with Gasteiger partial charge in [-0.25, -0.2) is 9.97 Å². The fourth-order valence-corrected chi connectivity index (χ4v) is 2.19. The minimum absolute atomic E-state index is 0.519. The largest absolute Gasteiger partial charge is 0.335 e. The topological polar surface area (TPSA) is 41.1 Å². The van der Waals surface area contributed by atoms with E-state index in [0.29, 0.717) is 12.1 Å². The lowest BCUT2D eigenvalue weighted by atomic mass is 10.1. The molecule has 1 aromatic heterocycles. The zero-order chi connectivity index (χ0) is 11.4. The van der Waals surface area contributed by atoms with E-state index in [4.69, 9.17) is 0 Å². The molecule has 0 aliphatic carbocycles. The summed E-state index contributed by atoms with van der Waals surface area (Å²) >= 11 is 0. The van der Waals surface area contributed by atoms with Crippen molar-refractivity contribution in [2.24, 2.45) is 0 Å². The highest BCUT2D eigenvalue weighted by molar-refractivity contribution is 5.32. The van der Waals surface area contributed by atoms with Gasteiger partial charge in [0.05, 0.1) is 0 Å². The predicted octanol–water partition coefficient (Wildman–Crippen LogP) is 1.44. The average molecular weight is 220 g/mol. The van der Waals surface area contributed by atoms with Crippen molar-refractivity contribution in [1.29, 1.82) is 0 Å². The summed E-state index contributed by atoms with van der Waals surface area (Å²) < 4.78 is 0. The summed E-state index contributed by atoms with van der Waals surface area (Å²) in [5.41, 5.74) is 0. The molecule has 2 unspecified atom stereocenters. The van der Waals surface area contributed by atoms with E-state index in [9.17, 15) is 0 Å². The normalized spacial score (nSPS) is 25.8. The summed E-state index contributed by atoms with van der Waals surface area (Å²) in [6.45, 7) is 6.48. The second-order valence-electron chi connectivity index (χ2n) is 4.28. The van der Waals surface area contributed by atoms with Gasteiger partial charge in [0.2, 0.25) is 5.95 Å². The van der Waals surface area contributed by atoms with E-state index >= 15 is 0 Å². The highest BCUT2D eigenvalue weighted by Crippen LogP contribution is 2.17. The number of rotatable bonds is 3. The van der Waals surface area contributed by atoms with Crippen LogP contribution >= 0.6 is 0 Å². The van der Waals surface area contributed by atoms with Crippen molar-refractivity contribution in [2.75, 3.05) is 18.0 Å². The van der Waals surface area contributed by atoms with Gasteiger partial charge in [0.25, 0.3) is 0 Å². The van der Waals surface area contributed by atoms with Gasteiger partial charge in [-0.2, -0.15) is 0 Å². The zero-order valence-electron chi connectivity index (χ0n) is 10.1. The monoisotopic (exact) mass is 220 g/mol. The molecule has 0 saturated carbocycles. The lowest BCUT2D eigenvalue weighted by Gasteiger charge is -2.39. The lowest BCUT2D eigenvalue weighted by Crippen LogP contribution is -2.56. The molecule has 88 valence electrons. The molecule has 1 N–H and O–H groups in total. The minimum atomic E-state index is 0.519. The Labute approximate surface area is 97.1 Å². The van der Waals surface area contributed by atoms with Gasteiger partial charge in [0.15, 0.2) is 0 Å². The van der Waals surface area contributed by atoms with E-state index in [0.717, 1.165) is 31.9 Å². The Hall–Kier alpha value is -1.16. The molecule has 0 amide bonds. The summed E-state index contributed by atoms with van der Waals surface area (Å²) in [5, 5.41) is 3.57. The molecular formula is C12H20N4. The Morgan fingerprint density at radius 1 is 1.31 bits per heavy atom. The number of hydrogen-bond acceptors (Lipinski definition) is 4. The maximum absolute atomic E-state index is 4.36.